The Morgan fingerprint density at radius 2 is 1.97 bits per heavy atom. The maximum Gasteiger partial charge on any atom is 0.263 e. The summed E-state index contributed by atoms with van der Waals surface area (Å²) in [4.78, 5) is 34.5. The van der Waals surface area contributed by atoms with Gasteiger partial charge in [0.25, 0.3) is 5.56 Å². The number of aromatic nitrogens is 2. The number of hydrogen-bond acceptors (Lipinski definition) is 6. The van der Waals surface area contributed by atoms with E-state index in [1.165, 1.54) is 22.2 Å². The predicted octanol–water partition coefficient (Wildman–Crippen LogP) is 4.79. The van der Waals surface area contributed by atoms with Crippen LogP contribution in [0, 0.1) is 0 Å². The minimum absolute atomic E-state index is 0.00443. The first-order valence-electron chi connectivity index (χ1n) is 10.9. The summed E-state index contributed by atoms with van der Waals surface area (Å²) >= 11 is 9.50. The number of hydrogen-bond donors (Lipinski definition) is 1. The van der Waals surface area contributed by atoms with Crippen molar-refractivity contribution in [1.29, 1.82) is 0 Å². The van der Waals surface area contributed by atoms with Crippen LogP contribution in [0.5, 0.6) is 0 Å². The summed E-state index contributed by atoms with van der Waals surface area (Å²) in [5.41, 5.74) is 1.70. The van der Waals surface area contributed by atoms with Crippen LogP contribution in [0.4, 0.5) is 0 Å². The molecule has 4 aromatic rings. The van der Waals surface area contributed by atoms with Crippen molar-refractivity contribution in [3.05, 3.63) is 74.4 Å². The summed E-state index contributed by atoms with van der Waals surface area (Å²) in [6, 6.07) is 11.7. The molecule has 1 unspecified atom stereocenters. The zero-order valence-corrected chi connectivity index (χ0v) is 20.3. The first kappa shape index (κ1) is 22.3. The Labute approximate surface area is 204 Å². The van der Waals surface area contributed by atoms with Crippen LogP contribution < -0.4 is 10.9 Å². The van der Waals surface area contributed by atoms with Crippen molar-refractivity contribution in [3.63, 3.8) is 0 Å². The highest BCUT2D eigenvalue weighted by Gasteiger charge is 2.25. The van der Waals surface area contributed by atoms with Crippen molar-refractivity contribution < 1.29 is 4.79 Å². The van der Waals surface area contributed by atoms with Gasteiger partial charge in [-0.05, 0) is 49.0 Å². The number of thiophene rings is 2. The molecule has 4 heterocycles. The molecular weight excluding hydrogens is 476 g/mol. The van der Waals surface area contributed by atoms with Gasteiger partial charge in [-0.15, -0.1) is 22.7 Å². The van der Waals surface area contributed by atoms with Gasteiger partial charge in [-0.3, -0.25) is 19.1 Å². The zero-order chi connectivity index (χ0) is 22.8. The van der Waals surface area contributed by atoms with Gasteiger partial charge in [-0.2, -0.15) is 0 Å². The van der Waals surface area contributed by atoms with E-state index >= 15 is 0 Å². The number of carbonyl (C=O) groups excluding carboxylic acids is 1. The Morgan fingerprint density at radius 3 is 2.73 bits per heavy atom. The molecule has 0 spiro atoms. The number of rotatable bonds is 7. The molecule has 1 aromatic carbocycles. The van der Waals surface area contributed by atoms with Gasteiger partial charge < -0.3 is 5.32 Å². The smallest absolute Gasteiger partial charge is 0.263 e. The Kier molecular flexibility index (Phi) is 6.59. The minimum Gasteiger partial charge on any atom is -0.353 e. The number of nitrogens with one attached hydrogen (secondary N) is 1. The Balaban J connectivity index is 1.34. The number of amides is 1. The fourth-order valence-corrected chi connectivity index (χ4v) is 6.33. The third-order valence-electron chi connectivity index (χ3n) is 6.00. The molecule has 0 bridgehead atoms. The van der Waals surface area contributed by atoms with E-state index in [4.69, 9.17) is 11.6 Å². The normalized spacial score (nSPS) is 15.2. The third kappa shape index (κ3) is 4.61. The van der Waals surface area contributed by atoms with Gasteiger partial charge in [0.2, 0.25) is 5.91 Å². The molecule has 0 radical (unpaired) electrons. The fraction of sp³-hybridized carbons (Fsp3) is 0.292. The number of carbonyl (C=O) groups is 1. The predicted molar refractivity (Wildman–Crippen MR) is 135 cm³/mol. The summed E-state index contributed by atoms with van der Waals surface area (Å²) in [6.07, 6.45) is 3.75. The lowest BCUT2D eigenvalue weighted by Gasteiger charge is -2.29. The molecule has 0 aliphatic carbocycles. The second-order valence-corrected chi connectivity index (χ2v) is 10.3. The molecule has 1 atom stereocenters. The van der Waals surface area contributed by atoms with Crippen LogP contribution >= 0.6 is 34.3 Å². The Bertz CT molecular complexity index is 1330. The SMILES string of the molecule is O=C(Cn1cnc2scc(-c3cccs3)c2c1=O)NCC(c1ccccc1Cl)N1CCCC1. The molecule has 170 valence electrons. The van der Waals surface area contributed by atoms with Gasteiger partial charge in [0.05, 0.1) is 17.8 Å². The largest absolute Gasteiger partial charge is 0.353 e. The number of likely N-dealkylation sites (tertiary alicyclic amines) is 1. The summed E-state index contributed by atoms with van der Waals surface area (Å²) in [5, 5.41) is 8.24. The van der Waals surface area contributed by atoms with E-state index in [0.29, 0.717) is 21.8 Å². The van der Waals surface area contributed by atoms with Crippen LogP contribution in [0.1, 0.15) is 24.4 Å². The van der Waals surface area contributed by atoms with Crippen molar-refractivity contribution in [1.82, 2.24) is 19.8 Å². The van der Waals surface area contributed by atoms with Crippen molar-refractivity contribution >= 4 is 50.4 Å². The van der Waals surface area contributed by atoms with Gasteiger partial charge in [-0.1, -0.05) is 35.9 Å². The third-order valence-corrected chi connectivity index (χ3v) is 8.13. The van der Waals surface area contributed by atoms with Crippen molar-refractivity contribution in [2.75, 3.05) is 19.6 Å². The average Bonchev–Trinajstić information content (AvgIpc) is 3.59. The second kappa shape index (κ2) is 9.77. The summed E-state index contributed by atoms with van der Waals surface area (Å²) in [7, 11) is 0. The van der Waals surface area contributed by atoms with E-state index in [2.05, 4.69) is 15.2 Å². The Morgan fingerprint density at radius 1 is 1.15 bits per heavy atom. The molecule has 5 rings (SSSR count). The highest BCUT2D eigenvalue weighted by Crippen LogP contribution is 2.33. The van der Waals surface area contributed by atoms with E-state index < -0.39 is 0 Å². The van der Waals surface area contributed by atoms with E-state index in [9.17, 15) is 9.59 Å². The lowest BCUT2D eigenvalue weighted by molar-refractivity contribution is -0.122. The second-order valence-electron chi connectivity index (χ2n) is 8.07. The Hall–Kier alpha value is -2.52. The monoisotopic (exact) mass is 498 g/mol. The molecule has 33 heavy (non-hydrogen) atoms. The molecule has 9 heteroatoms. The lowest BCUT2D eigenvalue weighted by Crippen LogP contribution is -2.39. The summed E-state index contributed by atoms with van der Waals surface area (Å²) in [6.45, 7) is 2.33. The van der Waals surface area contributed by atoms with Gasteiger partial charge in [0.1, 0.15) is 11.4 Å². The molecule has 1 N–H and O–H groups in total. The van der Waals surface area contributed by atoms with E-state index in [-0.39, 0.29) is 24.1 Å². The van der Waals surface area contributed by atoms with Gasteiger partial charge in [-0.25, -0.2) is 4.98 Å². The van der Waals surface area contributed by atoms with E-state index in [1.807, 2.05) is 47.2 Å². The van der Waals surface area contributed by atoms with Crippen molar-refractivity contribution in [2.24, 2.45) is 0 Å². The molecule has 1 aliphatic heterocycles. The molecular formula is C24H23ClN4O2S2. The quantitative estimate of drug-likeness (QED) is 0.397. The first-order valence-corrected chi connectivity index (χ1v) is 13.0. The summed E-state index contributed by atoms with van der Waals surface area (Å²) in [5.74, 6) is -0.220. The van der Waals surface area contributed by atoms with Gasteiger partial charge in [0, 0.05) is 27.4 Å². The fourth-order valence-electron chi connectivity index (χ4n) is 4.35. The molecule has 0 saturated carbocycles. The number of fused-ring (bicyclic) bond motifs is 1. The maximum absolute atomic E-state index is 13.2. The van der Waals surface area contributed by atoms with E-state index in [0.717, 1.165) is 41.9 Å². The van der Waals surface area contributed by atoms with Crippen molar-refractivity contribution in [3.8, 4) is 10.4 Å². The number of nitrogens with zero attached hydrogens (tertiary/aromatic N) is 3. The van der Waals surface area contributed by atoms with Crippen LogP contribution in [0.2, 0.25) is 5.02 Å². The van der Waals surface area contributed by atoms with Crippen LogP contribution in [0.3, 0.4) is 0 Å². The molecule has 1 aliphatic rings. The molecule has 1 saturated heterocycles. The van der Waals surface area contributed by atoms with Crippen LogP contribution in [0.25, 0.3) is 20.7 Å². The van der Waals surface area contributed by atoms with Crippen LogP contribution in [0.15, 0.2) is 58.3 Å². The number of halogens is 1. The summed E-state index contributed by atoms with van der Waals surface area (Å²) < 4.78 is 1.39. The number of benzene rings is 1. The highest BCUT2D eigenvalue weighted by atomic mass is 35.5. The molecule has 1 amide bonds. The van der Waals surface area contributed by atoms with Crippen LogP contribution in [-0.4, -0.2) is 40.0 Å². The standard InChI is InChI=1S/C24H23ClN4O2S2/c25-18-7-2-1-6-16(18)19(28-9-3-4-10-28)12-26-21(30)13-29-15-27-23-22(24(29)31)17(14-33-23)20-8-5-11-32-20/h1-2,5-8,11,14-15,19H,3-4,9-10,12-13H2,(H,26,30). The lowest BCUT2D eigenvalue weighted by atomic mass is 10.1. The highest BCUT2D eigenvalue weighted by molar-refractivity contribution is 7.18. The average molecular weight is 499 g/mol. The van der Waals surface area contributed by atoms with Gasteiger partial charge >= 0.3 is 0 Å². The van der Waals surface area contributed by atoms with Crippen molar-refractivity contribution in [2.45, 2.75) is 25.4 Å². The topological polar surface area (TPSA) is 67.2 Å². The van der Waals surface area contributed by atoms with Crippen LogP contribution in [-0.2, 0) is 11.3 Å². The molecule has 3 aromatic heterocycles. The van der Waals surface area contributed by atoms with E-state index in [1.54, 1.807) is 11.3 Å². The van der Waals surface area contributed by atoms with Gasteiger partial charge in [0.15, 0.2) is 0 Å². The maximum atomic E-state index is 13.2. The minimum atomic E-state index is -0.220. The molecule has 6 nitrogen and oxygen atoms in total. The zero-order valence-electron chi connectivity index (χ0n) is 17.9. The first-order chi connectivity index (χ1) is 16.1. The molecule has 1 fully saturated rings.